The molecule has 2 aromatic rings. The molecule has 0 aliphatic rings. The zero-order chi connectivity index (χ0) is 15.2. The van der Waals surface area contributed by atoms with Crippen LogP contribution >= 0.6 is 0 Å². The van der Waals surface area contributed by atoms with Crippen molar-refractivity contribution in [1.29, 1.82) is 5.26 Å². The Morgan fingerprint density at radius 2 is 1.86 bits per heavy atom. The van der Waals surface area contributed by atoms with E-state index < -0.39 is 5.82 Å². The van der Waals surface area contributed by atoms with Gasteiger partial charge in [-0.15, -0.1) is 0 Å². The Hall–Kier alpha value is -2.25. The summed E-state index contributed by atoms with van der Waals surface area (Å²) in [6.45, 7) is 2.33. The zero-order valence-electron chi connectivity index (χ0n) is 11.7. The first-order valence-corrected chi connectivity index (χ1v) is 6.75. The Labute approximate surface area is 123 Å². The molecule has 2 nitrogen and oxygen atoms in total. The lowest BCUT2D eigenvalue weighted by Gasteiger charge is -2.14. The number of rotatable bonds is 5. The quantitative estimate of drug-likeness (QED) is 0.912. The number of nitrogens with zero attached hydrogens (tertiary/aromatic N) is 1. The fraction of sp³-hybridized carbons (Fsp3) is 0.235. The maximum Gasteiger partial charge on any atom is 0.145 e. The van der Waals surface area contributed by atoms with Gasteiger partial charge in [0.2, 0.25) is 0 Å². The number of hydrogen-bond acceptors (Lipinski definition) is 2. The van der Waals surface area contributed by atoms with E-state index in [1.165, 1.54) is 18.2 Å². The lowest BCUT2D eigenvalue weighted by molar-refractivity contribution is 0.524. The first-order chi connectivity index (χ1) is 10.1. The zero-order valence-corrected chi connectivity index (χ0v) is 11.7. The normalized spacial score (nSPS) is 11.9. The highest BCUT2D eigenvalue weighted by molar-refractivity contribution is 5.34. The predicted octanol–water partition coefficient (Wildman–Crippen LogP) is 3.56. The summed E-state index contributed by atoms with van der Waals surface area (Å²) in [5, 5.41) is 12.0. The molecule has 1 unspecified atom stereocenters. The lowest BCUT2D eigenvalue weighted by atomic mass is 10.1. The van der Waals surface area contributed by atoms with Crippen LogP contribution in [0.1, 0.15) is 23.6 Å². The van der Waals surface area contributed by atoms with E-state index in [0.717, 1.165) is 12.0 Å². The summed E-state index contributed by atoms with van der Waals surface area (Å²) < 4.78 is 26.7. The molecule has 1 atom stereocenters. The Morgan fingerprint density at radius 3 is 2.52 bits per heavy atom. The fourth-order valence-corrected chi connectivity index (χ4v) is 2.13. The van der Waals surface area contributed by atoms with E-state index in [2.05, 4.69) is 5.32 Å². The maximum atomic E-state index is 13.9. The molecule has 0 fully saturated rings. The van der Waals surface area contributed by atoms with Crippen molar-refractivity contribution in [1.82, 2.24) is 5.32 Å². The third kappa shape index (κ3) is 4.11. The van der Waals surface area contributed by atoms with Gasteiger partial charge in [-0.1, -0.05) is 24.3 Å². The van der Waals surface area contributed by atoms with Crippen molar-refractivity contribution in [3.63, 3.8) is 0 Å². The van der Waals surface area contributed by atoms with Crippen LogP contribution < -0.4 is 5.32 Å². The molecule has 0 amide bonds. The average molecular weight is 286 g/mol. The molecule has 0 aromatic heterocycles. The van der Waals surface area contributed by atoms with E-state index in [-0.39, 0.29) is 17.4 Å². The standard InChI is InChI=1S/C17H16F2N2/c1-12(9-13-5-7-16(18)8-6-13)21-11-15-4-2-3-14(10-20)17(15)19/h2-8,12,21H,9,11H2,1H3. The minimum atomic E-state index is -0.471. The van der Waals surface area contributed by atoms with Crippen molar-refractivity contribution >= 4 is 0 Å². The van der Waals surface area contributed by atoms with E-state index in [9.17, 15) is 8.78 Å². The molecule has 0 spiro atoms. The Morgan fingerprint density at radius 1 is 1.14 bits per heavy atom. The Kier molecular flexibility index (Phi) is 5.02. The number of hydrogen-bond donors (Lipinski definition) is 1. The van der Waals surface area contributed by atoms with Gasteiger partial charge in [0.05, 0.1) is 5.56 Å². The molecule has 0 bridgehead atoms. The van der Waals surface area contributed by atoms with Crippen LogP contribution in [-0.2, 0) is 13.0 Å². The highest BCUT2D eigenvalue weighted by atomic mass is 19.1. The molecular weight excluding hydrogens is 270 g/mol. The molecule has 0 saturated heterocycles. The average Bonchev–Trinajstić information content (AvgIpc) is 2.48. The van der Waals surface area contributed by atoms with Gasteiger partial charge >= 0.3 is 0 Å². The van der Waals surface area contributed by atoms with Crippen molar-refractivity contribution in [2.75, 3.05) is 0 Å². The first-order valence-electron chi connectivity index (χ1n) is 6.75. The summed E-state index contributed by atoms with van der Waals surface area (Å²) >= 11 is 0. The van der Waals surface area contributed by atoms with Gasteiger partial charge in [-0.2, -0.15) is 5.26 Å². The molecule has 0 aliphatic heterocycles. The molecule has 21 heavy (non-hydrogen) atoms. The van der Waals surface area contributed by atoms with Crippen molar-refractivity contribution in [2.24, 2.45) is 0 Å². The summed E-state index contributed by atoms with van der Waals surface area (Å²) in [6, 6.07) is 13.1. The van der Waals surface area contributed by atoms with Crippen molar-refractivity contribution < 1.29 is 8.78 Å². The summed E-state index contributed by atoms with van der Waals surface area (Å²) in [7, 11) is 0. The summed E-state index contributed by atoms with van der Waals surface area (Å²) in [6.07, 6.45) is 0.722. The highest BCUT2D eigenvalue weighted by Crippen LogP contribution is 2.12. The van der Waals surface area contributed by atoms with Crippen LogP contribution in [0.5, 0.6) is 0 Å². The number of nitrogens with one attached hydrogen (secondary N) is 1. The molecule has 4 heteroatoms. The molecular formula is C17H16F2N2. The minimum Gasteiger partial charge on any atom is -0.310 e. The van der Waals surface area contributed by atoms with Gasteiger partial charge in [0.1, 0.15) is 17.7 Å². The van der Waals surface area contributed by atoms with Crippen LogP contribution in [0.25, 0.3) is 0 Å². The Bertz CT molecular complexity index is 645. The lowest BCUT2D eigenvalue weighted by Crippen LogP contribution is -2.28. The van der Waals surface area contributed by atoms with Gasteiger partial charge in [0.15, 0.2) is 0 Å². The van der Waals surface area contributed by atoms with Crippen molar-refractivity contribution in [3.8, 4) is 6.07 Å². The van der Waals surface area contributed by atoms with Crippen LogP contribution in [0.4, 0.5) is 8.78 Å². The molecule has 2 rings (SSSR count). The van der Waals surface area contributed by atoms with E-state index >= 15 is 0 Å². The first kappa shape index (κ1) is 15.1. The SMILES string of the molecule is CC(Cc1ccc(F)cc1)NCc1cccc(C#N)c1F. The summed E-state index contributed by atoms with van der Waals surface area (Å²) in [5.41, 5.74) is 1.54. The molecule has 1 N–H and O–H groups in total. The molecule has 108 valence electrons. The van der Waals surface area contributed by atoms with Crippen LogP contribution in [0.2, 0.25) is 0 Å². The fourth-order valence-electron chi connectivity index (χ4n) is 2.13. The van der Waals surface area contributed by atoms with E-state index in [1.807, 2.05) is 13.0 Å². The molecule has 0 heterocycles. The van der Waals surface area contributed by atoms with Gasteiger partial charge in [0.25, 0.3) is 0 Å². The van der Waals surface area contributed by atoms with E-state index in [0.29, 0.717) is 12.1 Å². The van der Waals surface area contributed by atoms with Gasteiger partial charge in [-0.25, -0.2) is 8.78 Å². The number of halogens is 2. The second kappa shape index (κ2) is 6.96. The van der Waals surface area contributed by atoms with Crippen LogP contribution in [0.15, 0.2) is 42.5 Å². The van der Waals surface area contributed by atoms with Crippen LogP contribution in [-0.4, -0.2) is 6.04 Å². The largest absolute Gasteiger partial charge is 0.310 e. The summed E-state index contributed by atoms with van der Waals surface area (Å²) in [5.74, 6) is -0.726. The van der Waals surface area contributed by atoms with Gasteiger partial charge in [-0.05, 0) is 37.1 Å². The predicted molar refractivity (Wildman–Crippen MR) is 77.5 cm³/mol. The highest BCUT2D eigenvalue weighted by Gasteiger charge is 2.09. The summed E-state index contributed by atoms with van der Waals surface area (Å²) in [4.78, 5) is 0. The van der Waals surface area contributed by atoms with E-state index in [4.69, 9.17) is 5.26 Å². The third-order valence-corrected chi connectivity index (χ3v) is 3.30. The van der Waals surface area contributed by atoms with Gasteiger partial charge in [-0.3, -0.25) is 0 Å². The van der Waals surface area contributed by atoms with Crippen molar-refractivity contribution in [3.05, 3.63) is 70.8 Å². The smallest absolute Gasteiger partial charge is 0.145 e. The van der Waals surface area contributed by atoms with E-state index in [1.54, 1.807) is 24.3 Å². The minimum absolute atomic E-state index is 0.0560. The molecule has 2 aromatic carbocycles. The molecule has 0 radical (unpaired) electrons. The topological polar surface area (TPSA) is 35.8 Å². The molecule has 0 aliphatic carbocycles. The maximum absolute atomic E-state index is 13.9. The second-order valence-electron chi connectivity index (χ2n) is 5.00. The number of benzene rings is 2. The van der Waals surface area contributed by atoms with Crippen LogP contribution in [0.3, 0.4) is 0 Å². The second-order valence-corrected chi connectivity index (χ2v) is 5.00. The molecule has 0 saturated carbocycles. The third-order valence-electron chi connectivity index (χ3n) is 3.30. The Balaban J connectivity index is 1.94. The monoisotopic (exact) mass is 286 g/mol. The van der Waals surface area contributed by atoms with Gasteiger partial charge in [0, 0.05) is 18.2 Å². The number of nitriles is 1. The van der Waals surface area contributed by atoms with Crippen molar-refractivity contribution in [2.45, 2.75) is 25.9 Å². The van der Waals surface area contributed by atoms with Gasteiger partial charge < -0.3 is 5.32 Å². The van der Waals surface area contributed by atoms with Crippen LogP contribution in [0, 0.1) is 23.0 Å².